The minimum absolute atomic E-state index is 0.0894. The summed E-state index contributed by atoms with van der Waals surface area (Å²) in [5.41, 5.74) is 2.44. The molecule has 1 amide bonds. The molecule has 4 rings (SSSR count). The van der Waals surface area contributed by atoms with E-state index in [1.54, 1.807) is 0 Å². The largest absolute Gasteiger partial charge is 0.322 e. The quantitative estimate of drug-likeness (QED) is 0.785. The van der Waals surface area contributed by atoms with E-state index in [1.807, 2.05) is 41.1 Å². The molecule has 1 aliphatic heterocycles. The summed E-state index contributed by atoms with van der Waals surface area (Å²) < 4.78 is 2.22. The zero-order valence-corrected chi connectivity index (χ0v) is 14.1. The van der Waals surface area contributed by atoms with E-state index in [2.05, 4.69) is 20.1 Å². The van der Waals surface area contributed by atoms with Crippen molar-refractivity contribution in [2.45, 2.75) is 32.2 Å². The van der Waals surface area contributed by atoms with Gasteiger partial charge in [-0.05, 0) is 36.4 Å². The van der Waals surface area contributed by atoms with Crippen LogP contribution >= 0.6 is 11.3 Å². The molecule has 1 aromatic carbocycles. The molecule has 5 nitrogen and oxygen atoms in total. The van der Waals surface area contributed by atoms with Crippen LogP contribution in [0.25, 0.3) is 11.4 Å². The van der Waals surface area contributed by atoms with Crippen LogP contribution in [0.15, 0.2) is 41.1 Å². The molecule has 0 saturated heterocycles. The van der Waals surface area contributed by atoms with Crippen molar-refractivity contribution in [2.24, 2.45) is 0 Å². The number of carbonyl (C=O) groups excluding carboxylic acids is 1. The average molecular weight is 338 g/mol. The fourth-order valence-corrected chi connectivity index (χ4v) is 3.67. The van der Waals surface area contributed by atoms with Gasteiger partial charge in [0.15, 0.2) is 5.82 Å². The lowest BCUT2D eigenvalue weighted by atomic mass is 10.1. The molecule has 0 unspecified atom stereocenters. The van der Waals surface area contributed by atoms with Crippen molar-refractivity contribution in [3.8, 4) is 11.4 Å². The lowest BCUT2D eigenvalue weighted by Gasteiger charge is -2.09. The van der Waals surface area contributed by atoms with Crippen LogP contribution in [0.3, 0.4) is 0 Å². The summed E-state index contributed by atoms with van der Waals surface area (Å²) in [7, 11) is 0. The first kappa shape index (κ1) is 15.1. The van der Waals surface area contributed by atoms with E-state index in [0.29, 0.717) is 5.56 Å². The molecule has 0 atom stereocenters. The van der Waals surface area contributed by atoms with Crippen molar-refractivity contribution in [3.05, 3.63) is 52.5 Å². The molecule has 3 heterocycles. The van der Waals surface area contributed by atoms with Gasteiger partial charge in [0.1, 0.15) is 5.82 Å². The monoisotopic (exact) mass is 338 g/mol. The zero-order valence-electron chi connectivity index (χ0n) is 13.2. The lowest BCUT2D eigenvalue weighted by molar-refractivity contribution is 0.102. The molecule has 0 bridgehead atoms. The number of nitrogens with zero attached hydrogens (tertiary/aromatic N) is 3. The Labute approximate surface area is 144 Å². The molecule has 2 aromatic heterocycles. The molecule has 6 heteroatoms. The number of amides is 1. The summed E-state index contributed by atoms with van der Waals surface area (Å²) in [5.74, 6) is 1.86. The van der Waals surface area contributed by atoms with Gasteiger partial charge in [-0.1, -0.05) is 18.6 Å². The van der Waals surface area contributed by atoms with Crippen molar-refractivity contribution in [1.82, 2.24) is 14.8 Å². The van der Waals surface area contributed by atoms with E-state index in [9.17, 15) is 4.79 Å². The van der Waals surface area contributed by atoms with Gasteiger partial charge in [0.05, 0.1) is 5.56 Å². The van der Waals surface area contributed by atoms with Crippen LogP contribution in [0.1, 0.15) is 35.4 Å². The predicted octanol–water partition coefficient (Wildman–Crippen LogP) is 3.99. The highest BCUT2D eigenvalue weighted by atomic mass is 32.1. The predicted molar refractivity (Wildman–Crippen MR) is 95.3 cm³/mol. The molecule has 0 aliphatic carbocycles. The number of fused-ring (bicyclic) bond motifs is 1. The van der Waals surface area contributed by atoms with E-state index in [1.165, 1.54) is 24.2 Å². The summed E-state index contributed by atoms with van der Waals surface area (Å²) in [6.07, 6.45) is 4.56. The third-order valence-electron chi connectivity index (χ3n) is 4.27. The average Bonchev–Trinajstić information content (AvgIpc) is 3.21. The summed E-state index contributed by atoms with van der Waals surface area (Å²) in [6, 6.07) is 9.64. The van der Waals surface area contributed by atoms with Crippen molar-refractivity contribution >= 4 is 22.9 Å². The van der Waals surface area contributed by atoms with Crippen LogP contribution in [0, 0.1) is 0 Å². The van der Waals surface area contributed by atoms with Crippen molar-refractivity contribution in [2.75, 3.05) is 5.32 Å². The van der Waals surface area contributed by atoms with Gasteiger partial charge >= 0.3 is 0 Å². The second-order valence-corrected chi connectivity index (χ2v) is 6.73. The molecule has 24 heavy (non-hydrogen) atoms. The fraction of sp³-hybridized carbons (Fsp3) is 0.278. The number of hydrogen-bond acceptors (Lipinski definition) is 4. The van der Waals surface area contributed by atoms with E-state index in [0.717, 1.165) is 42.3 Å². The molecule has 0 spiro atoms. The van der Waals surface area contributed by atoms with E-state index < -0.39 is 0 Å². The standard InChI is InChI=1S/C18H18N4OS/c23-18(14-8-10-24-12-14)19-15-6-4-5-13(11-15)17-21-20-16-7-2-1-3-9-22(16)17/h4-6,8,10-12H,1-3,7,9H2,(H,19,23). The van der Waals surface area contributed by atoms with Crippen LogP contribution in [0.5, 0.6) is 0 Å². The molecule has 3 aromatic rings. The van der Waals surface area contributed by atoms with Crippen LogP contribution in [-0.2, 0) is 13.0 Å². The van der Waals surface area contributed by atoms with Gasteiger partial charge in [0.2, 0.25) is 0 Å². The number of hydrogen-bond donors (Lipinski definition) is 1. The Kier molecular flexibility index (Phi) is 4.13. The second kappa shape index (κ2) is 6.57. The maximum Gasteiger partial charge on any atom is 0.256 e. The topological polar surface area (TPSA) is 59.8 Å². The first-order valence-electron chi connectivity index (χ1n) is 8.17. The highest BCUT2D eigenvalue weighted by molar-refractivity contribution is 7.08. The van der Waals surface area contributed by atoms with Crippen LogP contribution < -0.4 is 5.32 Å². The molecule has 1 N–H and O–H groups in total. The van der Waals surface area contributed by atoms with Gasteiger partial charge in [-0.3, -0.25) is 4.79 Å². The fourth-order valence-electron chi connectivity index (χ4n) is 3.03. The molecule has 1 aliphatic rings. The van der Waals surface area contributed by atoms with Gasteiger partial charge in [-0.2, -0.15) is 11.3 Å². The summed E-state index contributed by atoms with van der Waals surface area (Å²) in [5, 5.41) is 15.4. The summed E-state index contributed by atoms with van der Waals surface area (Å²) in [6.45, 7) is 0.961. The zero-order chi connectivity index (χ0) is 16.4. The second-order valence-electron chi connectivity index (χ2n) is 5.95. The number of aryl methyl sites for hydroxylation is 1. The first-order chi connectivity index (χ1) is 11.8. The summed E-state index contributed by atoms with van der Waals surface area (Å²) in [4.78, 5) is 12.2. The molecule has 0 saturated carbocycles. The third-order valence-corrected chi connectivity index (χ3v) is 4.95. The summed E-state index contributed by atoms with van der Waals surface area (Å²) >= 11 is 1.51. The molecule has 0 radical (unpaired) electrons. The number of aromatic nitrogens is 3. The number of rotatable bonds is 3. The minimum atomic E-state index is -0.0894. The van der Waals surface area contributed by atoms with Gasteiger partial charge in [0.25, 0.3) is 5.91 Å². The highest BCUT2D eigenvalue weighted by Crippen LogP contribution is 2.25. The maximum absolute atomic E-state index is 12.2. The van der Waals surface area contributed by atoms with Crippen molar-refractivity contribution in [3.63, 3.8) is 0 Å². The van der Waals surface area contributed by atoms with E-state index in [-0.39, 0.29) is 5.91 Å². The first-order valence-corrected chi connectivity index (χ1v) is 9.11. The van der Waals surface area contributed by atoms with Crippen molar-refractivity contribution < 1.29 is 4.79 Å². The SMILES string of the molecule is O=C(Nc1cccc(-c2nnc3n2CCCCC3)c1)c1ccsc1. The maximum atomic E-state index is 12.2. The Balaban J connectivity index is 1.61. The molecule has 122 valence electrons. The minimum Gasteiger partial charge on any atom is -0.322 e. The molecular weight excluding hydrogens is 320 g/mol. The van der Waals surface area contributed by atoms with Crippen LogP contribution in [0.4, 0.5) is 5.69 Å². The van der Waals surface area contributed by atoms with E-state index in [4.69, 9.17) is 0 Å². The van der Waals surface area contributed by atoms with Gasteiger partial charge in [0, 0.05) is 29.6 Å². The lowest BCUT2D eigenvalue weighted by Crippen LogP contribution is -2.10. The van der Waals surface area contributed by atoms with Crippen LogP contribution in [-0.4, -0.2) is 20.7 Å². The Morgan fingerprint density at radius 2 is 2.12 bits per heavy atom. The Morgan fingerprint density at radius 3 is 3.00 bits per heavy atom. The normalized spacial score (nSPS) is 14.0. The van der Waals surface area contributed by atoms with Gasteiger partial charge in [-0.25, -0.2) is 0 Å². The number of anilines is 1. The third kappa shape index (κ3) is 2.97. The smallest absolute Gasteiger partial charge is 0.256 e. The van der Waals surface area contributed by atoms with Gasteiger partial charge in [-0.15, -0.1) is 10.2 Å². The number of benzene rings is 1. The van der Waals surface area contributed by atoms with Crippen molar-refractivity contribution in [1.29, 1.82) is 0 Å². The Bertz CT molecular complexity index is 854. The van der Waals surface area contributed by atoms with Crippen LogP contribution in [0.2, 0.25) is 0 Å². The Morgan fingerprint density at radius 1 is 1.17 bits per heavy atom. The number of nitrogens with one attached hydrogen (secondary N) is 1. The van der Waals surface area contributed by atoms with E-state index >= 15 is 0 Å². The van der Waals surface area contributed by atoms with Gasteiger partial charge < -0.3 is 9.88 Å². The Hall–Kier alpha value is -2.47. The highest BCUT2D eigenvalue weighted by Gasteiger charge is 2.16. The number of carbonyl (C=O) groups is 1. The molecular formula is C18H18N4OS. The molecule has 0 fully saturated rings. The number of thiophene rings is 1.